The number of rotatable bonds is 8. The van der Waals surface area contributed by atoms with Crippen molar-refractivity contribution in [2.45, 2.75) is 17.4 Å². The molecule has 0 aliphatic carbocycles. The van der Waals surface area contributed by atoms with Crippen molar-refractivity contribution in [3.8, 4) is 0 Å². The Kier molecular flexibility index (Phi) is 7.88. The van der Waals surface area contributed by atoms with Gasteiger partial charge in [0.2, 0.25) is 15.9 Å². The summed E-state index contributed by atoms with van der Waals surface area (Å²) in [6.07, 6.45) is 2.34. The van der Waals surface area contributed by atoms with Crippen LogP contribution in [0.5, 0.6) is 0 Å². The van der Waals surface area contributed by atoms with Gasteiger partial charge in [-0.15, -0.1) is 0 Å². The van der Waals surface area contributed by atoms with E-state index in [9.17, 15) is 18.0 Å². The minimum Gasteiger partial charge on any atom is -0.340 e. The number of anilines is 1. The lowest BCUT2D eigenvalue weighted by molar-refractivity contribution is -0.118. The van der Waals surface area contributed by atoms with Gasteiger partial charge in [0.15, 0.2) is 0 Å². The minimum absolute atomic E-state index is 0.0551. The van der Waals surface area contributed by atoms with Crippen LogP contribution in [0.3, 0.4) is 0 Å². The van der Waals surface area contributed by atoms with Gasteiger partial charge in [-0.25, -0.2) is 13.6 Å². The number of carbonyl (C=O) groups excluding carboxylic acids is 2. The summed E-state index contributed by atoms with van der Waals surface area (Å²) in [6.45, 7) is 0. The van der Waals surface area contributed by atoms with Crippen LogP contribution >= 0.6 is 23.4 Å². The first-order valence-electron chi connectivity index (χ1n) is 8.20. The average molecular weight is 442 g/mol. The maximum Gasteiger partial charge on any atom is 0.251 e. The van der Waals surface area contributed by atoms with Gasteiger partial charge in [0.05, 0.1) is 4.90 Å². The van der Waals surface area contributed by atoms with Crippen molar-refractivity contribution in [1.82, 2.24) is 5.32 Å². The Morgan fingerprint density at radius 2 is 1.71 bits per heavy atom. The Morgan fingerprint density at radius 3 is 2.25 bits per heavy atom. The summed E-state index contributed by atoms with van der Waals surface area (Å²) in [5, 5.41) is 11.0. The smallest absolute Gasteiger partial charge is 0.251 e. The first-order valence-corrected chi connectivity index (χ1v) is 11.5. The van der Waals surface area contributed by atoms with Crippen molar-refractivity contribution < 1.29 is 18.0 Å². The van der Waals surface area contributed by atoms with Crippen molar-refractivity contribution in [3.63, 3.8) is 0 Å². The van der Waals surface area contributed by atoms with Crippen LogP contribution in [0.25, 0.3) is 0 Å². The van der Waals surface area contributed by atoms with Crippen LogP contribution < -0.4 is 15.8 Å². The fraction of sp³-hybridized carbons (Fsp3) is 0.222. The van der Waals surface area contributed by atoms with Gasteiger partial charge >= 0.3 is 0 Å². The second-order valence-corrected chi connectivity index (χ2v) is 8.86. The summed E-state index contributed by atoms with van der Waals surface area (Å²) in [5.41, 5.74) is 0.788. The largest absolute Gasteiger partial charge is 0.340 e. The molecule has 0 saturated heterocycles. The number of carbonyl (C=O) groups is 2. The molecule has 1 atom stereocenters. The molecule has 0 spiro atoms. The third-order valence-corrected chi connectivity index (χ3v) is 5.61. The second kappa shape index (κ2) is 9.92. The lowest BCUT2D eigenvalue weighted by atomic mass is 10.1. The number of halogens is 1. The molecule has 0 radical (unpaired) electrons. The van der Waals surface area contributed by atoms with Crippen molar-refractivity contribution in [2.24, 2.45) is 5.14 Å². The zero-order valence-electron chi connectivity index (χ0n) is 15.0. The molecule has 0 bridgehead atoms. The van der Waals surface area contributed by atoms with Crippen molar-refractivity contribution >= 4 is 50.9 Å². The monoisotopic (exact) mass is 441 g/mol. The van der Waals surface area contributed by atoms with E-state index in [2.05, 4.69) is 10.6 Å². The third kappa shape index (κ3) is 6.52. The fourth-order valence-electron chi connectivity index (χ4n) is 2.30. The van der Waals surface area contributed by atoms with E-state index in [1.165, 1.54) is 24.3 Å². The molecule has 150 valence electrons. The average Bonchev–Trinajstić information content (AvgIpc) is 2.65. The number of primary sulfonamides is 1. The van der Waals surface area contributed by atoms with Crippen molar-refractivity contribution in [1.29, 1.82) is 0 Å². The molecular formula is C18H20ClN3O4S2. The van der Waals surface area contributed by atoms with E-state index in [0.717, 1.165) is 0 Å². The highest BCUT2D eigenvalue weighted by atomic mass is 35.5. The molecule has 2 amide bonds. The van der Waals surface area contributed by atoms with Crippen LogP contribution in [-0.2, 0) is 14.8 Å². The third-order valence-electron chi connectivity index (χ3n) is 3.79. The Hall–Kier alpha value is -2.07. The van der Waals surface area contributed by atoms with Crippen LogP contribution in [0.15, 0.2) is 53.4 Å². The van der Waals surface area contributed by atoms with Crippen LogP contribution in [0, 0.1) is 0 Å². The normalized spacial score (nSPS) is 12.2. The summed E-state index contributed by atoms with van der Waals surface area (Å²) < 4.78 is 22.6. The van der Waals surface area contributed by atoms with E-state index >= 15 is 0 Å². The summed E-state index contributed by atoms with van der Waals surface area (Å²) >= 11 is 7.38. The topological polar surface area (TPSA) is 118 Å². The molecule has 0 heterocycles. The SMILES string of the molecule is CSCCC(NC(=O)c1ccc(Cl)cc1)C(=O)Nc1ccc(S(N)(=O)=O)cc1. The first-order chi connectivity index (χ1) is 13.2. The van der Waals surface area contributed by atoms with Crippen LogP contribution in [0.4, 0.5) is 5.69 Å². The number of sulfonamides is 1. The summed E-state index contributed by atoms with van der Waals surface area (Å²) in [6, 6.07) is 11.1. The molecule has 4 N–H and O–H groups in total. The van der Waals surface area contributed by atoms with Gasteiger partial charge in [-0.1, -0.05) is 11.6 Å². The van der Waals surface area contributed by atoms with Crippen LogP contribution in [0.1, 0.15) is 16.8 Å². The highest BCUT2D eigenvalue weighted by Crippen LogP contribution is 2.14. The predicted octanol–water partition coefficient (Wildman–Crippen LogP) is 2.48. The van der Waals surface area contributed by atoms with Gasteiger partial charge in [-0.05, 0) is 67.0 Å². The van der Waals surface area contributed by atoms with Gasteiger partial charge in [-0.3, -0.25) is 9.59 Å². The van der Waals surface area contributed by atoms with E-state index in [4.69, 9.17) is 16.7 Å². The van der Waals surface area contributed by atoms with E-state index < -0.39 is 22.0 Å². The molecule has 0 aliphatic heterocycles. The van der Waals surface area contributed by atoms with E-state index in [1.54, 1.807) is 36.0 Å². The minimum atomic E-state index is -3.81. The molecular weight excluding hydrogens is 422 g/mol. The van der Waals surface area contributed by atoms with Crippen LogP contribution in [-0.4, -0.2) is 38.3 Å². The molecule has 7 nitrogen and oxygen atoms in total. The lowest BCUT2D eigenvalue weighted by Crippen LogP contribution is -2.44. The number of hydrogen-bond acceptors (Lipinski definition) is 5. The quantitative estimate of drug-likeness (QED) is 0.581. The van der Waals surface area contributed by atoms with Crippen molar-refractivity contribution in [2.75, 3.05) is 17.3 Å². The molecule has 2 aromatic carbocycles. The molecule has 0 aromatic heterocycles. The van der Waals surface area contributed by atoms with Crippen LogP contribution in [0.2, 0.25) is 5.02 Å². The number of thioether (sulfide) groups is 1. The Balaban J connectivity index is 2.09. The number of hydrogen-bond donors (Lipinski definition) is 3. The Bertz CT molecular complexity index is 932. The zero-order valence-corrected chi connectivity index (χ0v) is 17.4. The molecule has 0 saturated carbocycles. The fourth-order valence-corrected chi connectivity index (χ4v) is 3.42. The lowest BCUT2D eigenvalue weighted by Gasteiger charge is -2.18. The summed E-state index contributed by atoms with van der Waals surface area (Å²) in [4.78, 5) is 25.0. The molecule has 0 aliphatic rings. The number of amides is 2. The zero-order chi connectivity index (χ0) is 20.7. The standard InChI is InChI=1S/C18H20ClN3O4S2/c1-27-11-10-16(22-17(23)12-2-4-13(19)5-3-12)18(24)21-14-6-8-15(9-7-14)28(20,25)26/h2-9,16H,10-11H2,1H3,(H,21,24)(H,22,23)(H2,20,25,26). The molecule has 0 fully saturated rings. The van der Waals surface area contributed by atoms with E-state index in [-0.39, 0.29) is 10.8 Å². The Morgan fingerprint density at radius 1 is 1.11 bits per heavy atom. The van der Waals surface area contributed by atoms with Gasteiger partial charge in [0.1, 0.15) is 6.04 Å². The number of benzene rings is 2. The van der Waals surface area contributed by atoms with Gasteiger partial charge < -0.3 is 10.6 Å². The number of nitrogens with one attached hydrogen (secondary N) is 2. The summed E-state index contributed by atoms with van der Waals surface area (Å²) in [7, 11) is -3.81. The molecule has 2 rings (SSSR count). The number of nitrogens with two attached hydrogens (primary N) is 1. The van der Waals surface area contributed by atoms with E-state index in [0.29, 0.717) is 28.4 Å². The maximum atomic E-state index is 12.6. The van der Waals surface area contributed by atoms with Crippen molar-refractivity contribution in [3.05, 3.63) is 59.1 Å². The molecule has 1 unspecified atom stereocenters. The maximum absolute atomic E-state index is 12.6. The highest BCUT2D eigenvalue weighted by molar-refractivity contribution is 7.98. The molecule has 28 heavy (non-hydrogen) atoms. The van der Waals surface area contributed by atoms with Gasteiger partial charge in [0, 0.05) is 16.3 Å². The molecule has 2 aromatic rings. The van der Waals surface area contributed by atoms with E-state index in [1.807, 2.05) is 6.26 Å². The van der Waals surface area contributed by atoms with Gasteiger partial charge in [-0.2, -0.15) is 11.8 Å². The highest BCUT2D eigenvalue weighted by Gasteiger charge is 2.21. The predicted molar refractivity (Wildman–Crippen MR) is 112 cm³/mol. The summed E-state index contributed by atoms with van der Waals surface area (Å²) in [5.74, 6) is -0.120. The Labute approximate surface area is 173 Å². The second-order valence-electron chi connectivity index (χ2n) is 5.87. The molecule has 10 heteroatoms. The first kappa shape index (κ1) is 22.2. The van der Waals surface area contributed by atoms with Gasteiger partial charge in [0.25, 0.3) is 5.91 Å².